The Kier molecular flexibility index (Phi) is 8.86. The van der Waals surface area contributed by atoms with E-state index in [1.807, 2.05) is 6.08 Å². The molecule has 1 heterocycles. The van der Waals surface area contributed by atoms with E-state index < -0.39 is 11.6 Å². The Morgan fingerprint density at radius 3 is 2.77 bits per heavy atom. The summed E-state index contributed by atoms with van der Waals surface area (Å²) in [6.07, 6.45) is 20.3. The molecule has 0 spiro atoms. The van der Waals surface area contributed by atoms with Crippen LogP contribution < -0.4 is 0 Å². The van der Waals surface area contributed by atoms with Crippen molar-refractivity contribution in [3.05, 3.63) is 24.3 Å². The summed E-state index contributed by atoms with van der Waals surface area (Å²) in [4.78, 5) is 11.0. The summed E-state index contributed by atoms with van der Waals surface area (Å²) in [7, 11) is 0. The second kappa shape index (κ2) is 10.9. The maximum Gasteiger partial charge on any atom is 0.342 e. The molecule has 26 heavy (non-hydrogen) atoms. The predicted molar refractivity (Wildman–Crippen MR) is 104 cm³/mol. The maximum absolute atomic E-state index is 11.0. The van der Waals surface area contributed by atoms with Gasteiger partial charge in [0.1, 0.15) is 0 Å². The minimum absolute atomic E-state index is 0.126. The van der Waals surface area contributed by atoms with Crippen molar-refractivity contribution >= 4 is 5.97 Å². The number of epoxide rings is 1. The molecule has 0 aromatic carbocycles. The van der Waals surface area contributed by atoms with E-state index >= 15 is 0 Å². The van der Waals surface area contributed by atoms with Crippen LogP contribution >= 0.6 is 0 Å². The van der Waals surface area contributed by atoms with Gasteiger partial charge >= 0.3 is 5.97 Å². The minimum atomic E-state index is -1.02. The molecule has 1 aliphatic heterocycles. The molecule has 1 aliphatic carbocycles. The third-order valence-corrected chi connectivity index (χ3v) is 5.80. The van der Waals surface area contributed by atoms with Crippen LogP contribution in [0.4, 0.5) is 0 Å². The van der Waals surface area contributed by atoms with Crippen molar-refractivity contribution in [1.82, 2.24) is 0 Å². The molecule has 2 rings (SSSR count). The Morgan fingerprint density at radius 1 is 1.27 bits per heavy atom. The standard InChI is InChI=1S/C22H36O4/c1-2-3-6-13-20(23)15-14-19-12-9-11-18(19)10-7-4-5-8-16-22(17-26-22)21(24)25/h8-9,11,16,18-20,23H,2-7,10,12-15,17H2,1H3,(H,24,25)/t18-,19+,20-,22?/m0/s1. The van der Waals surface area contributed by atoms with Crippen LogP contribution in [0.15, 0.2) is 24.3 Å². The first-order chi connectivity index (χ1) is 12.6. The van der Waals surface area contributed by atoms with Crippen molar-refractivity contribution in [1.29, 1.82) is 0 Å². The fraction of sp³-hybridized carbons (Fsp3) is 0.773. The molecule has 0 saturated carbocycles. The molecule has 1 saturated heterocycles. The summed E-state index contributed by atoms with van der Waals surface area (Å²) >= 11 is 0. The summed E-state index contributed by atoms with van der Waals surface area (Å²) in [6.45, 7) is 2.50. The number of aliphatic hydroxyl groups excluding tert-OH is 1. The predicted octanol–water partition coefficient (Wildman–Crippen LogP) is 4.87. The van der Waals surface area contributed by atoms with Crippen molar-refractivity contribution in [2.24, 2.45) is 11.8 Å². The summed E-state index contributed by atoms with van der Waals surface area (Å²) in [5.74, 6) is 0.463. The maximum atomic E-state index is 11.0. The lowest BCUT2D eigenvalue weighted by Gasteiger charge is -2.21. The molecule has 0 radical (unpaired) electrons. The van der Waals surface area contributed by atoms with E-state index in [1.165, 1.54) is 19.3 Å². The molecule has 0 aromatic rings. The van der Waals surface area contributed by atoms with Crippen LogP contribution in [-0.2, 0) is 9.53 Å². The molecule has 2 aliphatic rings. The van der Waals surface area contributed by atoms with Gasteiger partial charge in [0.05, 0.1) is 12.7 Å². The molecule has 4 atom stereocenters. The first kappa shape index (κ1) is 21.2. The highest BCUT2D eigenvalue weighted by Crippen LogP contribution is 2.34. The molecule has 1 fully saturated rings. The van der Waals surface area contributed by atoms with Crippen molar-refractivity contribution in [2.45, 2.75) is 89.3 Å². The van der Waals surface area contributed by atoms with Crippen molar-refractivity contribution in [2.75, 3.05) is 6.61 Å². The highest BCUT2D eigenvalue weighted by Gasteiger charge is 2.50. The van der Waals surface area contributed by atoms with E-state index in [0.717, 1.165) is 51.4 Å². The van der Waals surface area contributed by atoms with E-state index in [0.29, 0.717) is 18.4 Å². The second-order valence-corrected chi connectivity index (χ2v) is 7.98. The smallest absolute Gasteiger partial charge is 0.342 e. The van der Waals surface area contributed by atoms with Gasteiger partial charge < -0.3 is 14.9 Å². The Morgan fingerprint density at radius 2 is 2.08 bits per heavy atom. The fourth-order valence-electron chi connectivity index (χ4n) is 3.89. The van der Waals surface area contributed by atoms with Crippen LogP contribution in [0.25, 0.3) is 0 Å². The molecular weight excluding hydrogens is 328 g/mol. The molecular formula is C22H36O4. The Balaban J connectivity index is 1.56. The zero-order valence-electron chi connectivity index (χ0n) is 16.2. The van der Waals surface area contributed by atoms with Gasteiger partial charge in [0.2, 0.25) is 5.60 Å². The zero-order chi connectivity index (χ0) is 18.8. The van der Waals surface area contributed by atoms with E-state index in [4.69, 9.17) is 9.84 Å². The van der Waals surface area contributed by atoms with Gasteiger partial charge in [-0.25, -0.2) is 4.79 Å². The highest BCUT2D eigenvalue weighted by molar-refractivity contribution is 5.83. The molecule has 0 amide bonds. The number of rotatable bonds is 14. The number of hydrogen-bond acceptors (Lipinski definition) is 3. The number of carboxylic acid groups (broad SMARTS) is 1. The molecule has 148 valence electrons. The van der Waals surface area contributed by atoms with Crippen LogP contribution in [0.2, 0.25) is 0 Å². The van der Waals surface area contributed by atoms with Crippen LogP contribution in [0, 0.1) is 11.8 Å². The second-order valence-electron chi connectivity index (χ2n) is 7.98. The Bertz CT molecular complexity index is 479. The van der Waals surface area contributed by atoms with Gasteiger partial charge in [0, 0.05) is 0 Å². The van der Waals surface area contributed by atoms with Gasteiger partial charge in [-0.15, -0.1) is 0 Å². The van der Waals surface area contributed by atoms with Crippen molar-refractivity contribution in [3.8, 4) is 0 Å². The van der Waals surface area contributed by atoms with Crippen LogP contribution in [-0.4, -0.2) is 34.5 Å². The van der Waals surface area contributed by atoms with E-state index in [1.54, 1.807) is 6.08 Å². The van der Waals surface area contributed by atoms with E-state index in [9.17, 15) is 9.90 Å². The number of aliphatic hydroxyl groups is 1. The molecule has 1 unspecified atom stereocenters. The number of carboxylic acids is 1. The highest BCUT2D eigenvalue weighted by atomic mass is 16.6. The number of allylic oxidation sites excluding steroid dienone is 3. The number of aliphatic carboxylic acids is 1. The van der Waals surface area contributed by atoms with Gasteiger partial charge in [0.25, 0.3) is 0 Å². The SMILES string of the molecule is CCCCC[C@H](O)CC[C@H]1CC=C[C@@H]1CCCCC=CC1(C(=O)O)CO1. The van der Waals surface area contributed by atoms with Crippen molar-refractivity contribution in [3.63, 3.8) is 0 Å². The summed E-state index contributed by atoms with van der Waals surface area (Å²) < 4.78 is 5.02. The summed E-state index contributed by atoms with van der Waals surface area (Å²) in [5.41, 5.74) is -1.02. The number of carbonyl (C=O) groups is 1. The number of ether oxygens (including phenoxy) is 1. The van der Waals surface area contributed by atoms with Crippen LogP contribution in [0.3, 0.4) is 0 Å². The third kappa shape index (κ3) is 6.88. The largest absolute Gasteiger partial charge is 0.479 e. The minimum Gasteiger partial charge on any atom is -0.479 e. The topological polar surface area (TPSA) is 70.1 Å². The van der Waals surface area contributed by atoms with Gasteiger partial charge in [-0.1, -0.05) is 50.8 Å². The average molecular weight is 365 g/mol. The van der Waals surface area contributed by atoms with Gasteiger partial charge in [-0.2, -0.15) is 0 Å². The van der Waals surface area contributed by atoms with E-state index in [2.05, 4.69) is 19.1 Å². The molecule has 0 bridgehead atoms. The summed E-state index contributed by atoms with van der Waals surface area (Å²) in [6, 6.07) is 0. The van der Waals surface area contributed by atoms with Crippen molar-refractivity contribution < 1.29 is 19.7 Å². The van der Waals surface area contributed by atoms with Gasteiger partial charge in [-0.05, 0) is 62.9 Å². The first-order valence-corrected chi connectivity index (χ1v) is 10.5. The summed E-state index contributed by atoms with van der Waals surface area (Å²) in [5, 5.41) is 19.2. The lowest BCUT2D eigenvalue weighted by molar-refractivity contribution is -0.141. The van der Waals surface area contributed by atoms with Gasteiger partial charge in [0.15, 0.2) is 0 Å². The quantitative estimate of drug-likeness (QED) is 0.262. The lowest BCUT2D eigenvalue weighted by Crippen LogP contribution is -2.20. The first-order valence-electron chi connectivity index (χ1n) is 10.5. The van der Waals surface area contributed by atoms with Crippen LogP contribution in [0.1, 0.15) is 77.6 Å². The Hall–Kier alpha value is -1.13. The molecule has 2 N–H and O–H groups in total. The lowest BCUT2D eigenvalue weighted by atomic mass is 9.86. The van der Waals surface area contributed by atoms with Crippen LogP contribution in [0.5, 0.6) is 0 Å². The van der Waals surface area contributed by atoms with E-state index in [-0.39, 0.29) is 6.10 Å². The zero-order valence-corrected chi connectivity index (χ0v) is 16.2. The Labute approximate surface area is 158 Å². The molecule has 0 aromatic heterocycles. The average Bonchev–Trinajstić information content (AvgIpc) is 3.28. The number of unbranched alkanes of at least 4 members (excludes halogenated alkanes) is 4. The fourth-order valence-corrected chi connectivity index (χ4v) is 3.89. The molecule has 4 nitrogen and oxygen atoms in total. The number of hydrogen-bond donors (Lipinski definition) is 2. The normalized spacial score (nSPS) is 28.7. The monoisotopic (exact) mass is 364 g/mol. The van der Waals surface area contributed by atoms with Gasteiger partial charge in [-0.3, -0.25) is 0 Å². The third-order valence-electron chi connectivity index (χ3n) is 5.80. The molecule has 4 heteroatoms.